The maximum atomic E-state index is 12.9. The summed E-state index contributed by atoms with van der Waals surface area (Å²) in [4.78, 5) is 15.9. The Labute approximate surface area is 145 Å². The van der Waals surface area contributed by atoms with Crippen LogP contribution in [0.3, 0.4) is 0 Å². The fourth-order valence-electron chi connectivity index (χ4n) is 1.79. The molecule has 0 saturated carbocycles. The van der Waals surface area contributed by atoms with E-state index in [1.54, 1.807) is 12.4 Å². The predicted molar refractivity (Wildman–Crippen MR) is 93.2 cm³/mol. The van der Waals surface area contributed by atoms with Gasteiger partial charge in [0.05, 0.1) is 0 Å². The smallest absolute Gasteiger partial charge is 0.257 e. The molecular weight excluding hydrogens is 349 g/mol. The van der Waals surface area contributed by atoms with Crippen molar-refractivity contribution in [3.05, 3.63) is 60.2 Å². The molecule has 2 N–H and O–H groups in total. The summed E-state index contributed by atoms with van der Waals surface area (Å²) >= 11 is 6.37. The average molecular weight is 359 g/mol. The molecule has 1 amide bonds. The number of nitrogens with one attached hydrogen (secondary N) is 2. The lowest BCUT2D eigenvalue weighted by atomic mass is 10.2. The molecule has 0 aliphatic carbocycles. The summed E-state index contributed by atoms with van der Waals surface area (Å²) in [6.07, 6.45) is 3.33. The summed E-state index contributed by atoms with van der Waals surface area (Å²) in [5.74, 6) is -0.851. The second kappa shape index (κ2) is 7.20. The Morgan fingerprint density at radius 2 is 1.79 bits per heavy atom. The van der Waals surface area contributed by atoms with Crippen molar-refractivity contribution in [2.75, 3.05) is 5.32 Å². The number of hydrogen-bond donors (Lipinski definition) is 2. The third-order valence-electron chi connectivity index (χ3n) is 2.91. The third kappa shape index (κ3) is 3.94. The lowest BCUT2D eigenvalue weighted by molar-refractivity contribution is 0.0977. The van der Waals surface area contributed by atoms with E-state index >= 15 is 0 Å². The highest BCUT2D eigenvalue weighted by Gasteiger charge is 2.11. The van der Waals surface area contributed by atoms with E-state index in [0.717, 1.165) is 5.56 Å². The molecule has 6 nitrogen and oxygen atoms in total. The Morgan fingerprint density at radius 3 is 2.50 bits per heavy atom. The van der Waals surface area contributed by atoms with Crippen LogP contribution in [0.4, 0.5) is 9.52 Å². The van der Waals surface area contributed by atoms with Gasteiger partial charge in [0.25, 0.3) is 5.91 Å². The van der Waals surface area contributed by atoms with Gasteiger partial charge in [-0.15, -0.1) is 10.2 Å². The number of aromatic nitrogens is 3. The van der Waals surface area contributed by atoms with Crippen molar-refractivity contribution in [1.29, 1.82) is 0 Å². The molecular formula is C15H10FN5OS2. The maximum Gasteiger partial charge on any atom is 0.257 e. The molecule has 0 bridgehead atoms. The lowest BCUT2D eigenvalue weighted by Crippen LogP contribution is -2.34. The molecule has 0 aliphatic heterocycles. The van der Waals surface area contributed by atoms with Crippen molar-refractivity contribution < 1.29 is 9.18 Å². The SMILES string of the molecule is O=C(NC(=S)Nc1nnc(-c2ccncc2)s1)c1ccc(F)cc1. The standard InChI is InChI=1S/C15H10FN5OS2/c16-11-3-1-9(2-4-11)12(22)18-14(23)19-15-21-20-13(24-15)10-5-7-17-8-6-10/h1-8H,(H2,18,19,21,22,23). The van der Waals surface area contributed by atoms with Crippen LogP contribution < -0.4 is 10.6 Å². The number of carbonyl (C=O) groups is 1. The van der Waals surface area contributed by atoms with Crippen LogP contribution in [0.2, 0.25) is 0 Å². The van der Waals surface area contributed by atoms with Gasteiger partial charge in [-0.05, 0) is 48.6 Å². The van der Waals surface area contributed by atoms with E-state index < -0.39 is 11.7 Å². The number of anilines is 1. The normalized spacial score (nSPS) is 10.2. The van der Waals surface area contributed by atoms with Gasteiger partial charge in [0.2, 0.25) is 5.13 Å². The van der Waals surface area contributed by atoms with Crippen LogP contribution in [0.1, 0.15) is 10.4 Å². The molecule has 0 saturated heterocycles. The molecule has 9 heteroatoms. The van der Waals surface area contributed by atoms with E-state index in [4.69, 9.17) is 12.2 Å². The minimum atomic E-state index is -0.439. The van der Waals surface area contributed by atoms with Gasteiger partial charge in [-0.2, -0.15) is 0 Å². The summed E-state index contributed by atoms with van der Waals surface area (Å²) < 4.78 is 12.9. The molecule has 24 heavy (non-hydrogen) atoms. The molecule has 0 atom stereocenters. The zero-order chi connectivity index (χ0) is 16.9. The number of pyridine rings is 1. The second-order valence-corrected chi connectivity index (χ2v) is 5.95. The van der Waals surface area contributed by atoms with Gasteiger partial charge in [-0.25, -0.2) is 4.39 Å². The molecule has 0 fully saturated rings. The largest absolute Gasteiger partial charge is 0.307 e. The minimum Gasteiger partial charge on any atom is -0.307 e. The summed E-state index contributed by atoms with van der Waals surface area (Å²) in [5, 5.41) is 14.6. The van der Waals surface area contributed by atoms with E-state index in [-0.39, 0.29) is 5.11 Å². The van der Waals surface area contributed by atoms with E-state index in [1.807, 2.05) is 12.1 Å². The topological polar surface area (TPSA) is 79.8 Å². The van der Waals surface area contributed by atoms with E-state index in [1.165, 1.54) is 35.6 Å². The Kier molecular flexibility index (Phi) is 4.82. The van der Waals surface area contributed by atoms with Gasteiger partial charge in [-0.1, -0.05) is 11.3 Å². The summed E-state index contributed by atoms with van der Waals surface area (Å²) in [7, 11) is 0. The fraction of sp³-hybridized carbons (Fsp3) is 0. The molecule has 0 aliphatic rings. The average Bonchev–Trinajstić information content (AvgIpc) is 3.04. The van der Waals surface area contributed by atoms with Crippen LogP contribution in [0, 0.1) is 5.82 Å². The van der Waals surface area contributed by atoms with Crippen molar-refractivity contribution in [2.45, 2.75) is 0 Å². The van der Waals surface area contributed by atoms with Crippen molar-refractivity contribution in [2.24, 2.45) is 0 Å². The first-order valence-corrected chi connectivity index (χ1v) is 7.96. The Balaban J connectivity index is 1.62. The van der Waals surface area contributed by atoms with Crippen molar-refractivity contribution in [3.63, 3.8) is 0 Å². The molecule has 2 heterocycles. The van der Waals surface area contributed by atoms with Gasteiger partial charge in [0.1, 0.15) is 10.8 Å². The van der Waals surface area contributed by atoms with Crippen LogP contribution in [0.5, 0.6) is 0 Å². The predicted octanol–water partition coefficient (Wildman–Crippen LogP) is 2.87. The van der Waals surface area contributed by atoms with Crippen molar-refractivity contribution in [1.82, 2.24) is 20.5 Å². The van der Waals surface area contributed by atoms with Gasteiger partial charge in [0, 0.05) is 23.5 Å². The number of benzene rings is 1. The number of rotatable bonds is 3. The molecule has 120 valence electrons. The highest BCUT2D eigenvalue weighted by atomic mass is 32.1. The lowest BCUT2D eigenvalue weighted by Gasteiger charge is -2.06. The second-order valence-electron chi connectivity index (χ2n) is 4.56. The van der Waals surface area contributed by atoms with E-state index in [2.05, 4.69) is 25.8 Å². The molecule has 3 rings (SSSR count). The zero-order valence-electron chi connectivity index (χ0n) is 12.1. The maximum absolute atomic E-state index is 12.9. The number of thiocarbonyl (C=S) groups is 1. The molecule has 0 unspecified atom stereocenters. The summed E-state index contributed by atoms with van der Waals surface area (Å²) in [6.45, 7) is 0. The highest BCUT2D eigenvalue weighted by Crippen LogP contribution is 2.25. The van der Waals surface area contributed by atoms with Gasteiger partial charge in [-0.3, -0.25) is 15.1 Å². The zero-order valence-corrected chi connectivity index (χ0v) is 13.7. The van der Waals surface area contributed by atoms with Crippen LogP contribution in [0.25, 0.3) is 10.6 Å². The quantitative estimate of drug-likeness (QED) is 0.700. The van der Waals surface area contributed by atoms with Gasteiger partial charge in [0.15, 0.2) is 5.11 Å². The minimum absolute atomic E-state index is 0.0850. The highest BCUT2D eigenvalue weighted by molar-refractivity contribution is 7.80. The molecule has 3 aromatic rings. The van der Waals surface area contributed by atoms with E-state index in [0.29, 0.717) is 15.7 Å². The van der Waals surface area contributed by atoms with Crippen LogP contribution in [-0.2, 0) is 0 Å². The van der Waals surface area contributed by atoms with Crippen molar-refractivity contribution >= 4 is 39.7 Å². The number of nitrogens with zero attached hydrogens (tertiary/aromatic N) is 3. The number of hydrogen-bond acceptors (Lipinski definition) is 6. The Morgan fingerprint density at radius 1 is 1.08 bits per heavy atom. The Hall–Kier alpha value is -2.78. The Bertz CT molecular complexity index is 867. The number of halogens is 1. The summed E-state index contributed by atoms with van der Waals surface area (Å²) in [5.41, 5.74) is 1.19. The molecule has 1 aromatic carbocycles. The molecule has 2 aromatic heterocycles. The first kappa shape index (κ1) is 16.1. The summed E-state index contributed by atoms with van der Waals surface area (Å²) in [6, 6.07) is 8.80. The van der Waals surface area contributed by atoms with Gasteiger partial charge < -0.3 is 5.32 Å². The fourth-order valence-corrected chi connectivity index (χ4v) is 2.80. The monoisotopic (exact) mass is 359 g/mol. The van der Waals surface area contributed by atoms with Crippen LogP contribution >= 0.6 is 23.6 Å². The van der Waals surface area contributed by atoms with Gasteiger partial charge >= 0.3 is 0 Å². The molecule has 0 radical (unpaired) electrons. The number of carbonyl (C=O) groups excluding carboxylic acids is 1. The molecule has 0 spiro atoms. The van der Waals surface area contributed by atoms with E-state index in [9.17, 15) is 9.18 Å². The van der Waals surface area contributed by atoms with Crippen LogP contribution in [0.15, 0.2) is 48.8 Å². The number of amides is 1. The van der Waals surface area contributed by atoms with Crippen LogP contribution in [-0.4, -0.2) is 26.2 Å². The third-order valence-corrected chi connectivity index (χ3v) is 4.00. The first-order chi connectivity index (χ1) is 11.6. The van der Waals surface area contributed by atoms with Crippen molar-refractivity contribution in [3.8, 4) is 10.6 Å². The first-order valence-electron chi connectivity index (χ1n) is 6.73.